The zero-order valence-electron chi connectivity index (χ0n) is 16.3. The van der Waals surface area contributed by atoms with Crippen LogP contribution in [0.2, 0.25) is 0 Å². The van der Waals surface area contributed by atoms with Gasteiger partial charge < -0.3 is 10.1 Å². The first-order valence-electron chi connectivity index (χ1n) is 9.14. The molecular weight excluding hydrogens is 418 g/mol. The van der Waals surface area contributed by atoms with Crippen LogP contribution in [0, 0.1) is 0 Å². The minimum absolute atomic E-state index is 0.254. The molecule has 0 bridgehead atoms. The lowest BCUT2D eigenvalue weighted by atomic mass is 10.2. The zero-order valence-corrected chi connectivity index (χ0v) is 18.0. The summed E-state index contributed by atoms with van der Waals surface area (Å²) in [6.45, 7) is 0. The molecule has 3 aromatic rings. The molecule has 0 unspecified atom stereocenters. The predicted molar refractivity (Wildman–Crippen MR) is 122 cm³/mol. The maximum absolute atomic E-state index is 12.6. The summed E-state index contributed by atoms with van der Waals surface area (Å²) in [5, 5.41) is 6.46. The van der Waals surface area contributed by atoms with Crippen molar-refractivity contribution in [3.63, 3.8) is 0 Å². The van der Waals surface area contributed by atoms with Gasteiger partial charge in [-0.25, -0.2) is 13.7 Å². The number of rotatable bonds is 6. The molecule has 0 spiro atoms. The van der Waals surface area contributed by atoms with E-state index in [4.69, 9.17) is 17.0 Å². The summed E-state index contributed by atoms with van der Waals surface area (Å²) in [5.74, 6) is 0.948. The van der Waals surface area contributed by atoms with E-state index in [0.29, 0.717) is 10.9 Å². The van der Waals surface area contributed by atoms with Crippen molar-refractivity contribution in [3.8, 4) is 5.75 Å². The number of hydrogen-bond acceptors (Lipinski definition) is 4. The largest absolute Gasteiger partial charge is 0.497 e. The first-order valence-corrected chi connectivity index (χ1v) is 11.2. The lowest BCUT2D eigenvalue weighted by Crippen LogP contribution is -2.78. The number of thiocarbonyl (C=S) groups is 1. The number of amidine groups is 1. The van der Waals surface area contributed by atoms with Crippen molar-refractivity contribution < 1.29 is 18.1 Å². The normalized spacial score (nSPS) is 11.6. The summed E-state index contributed by atoms with van der Waals surface area (Å²) in [7, 11) is -1.91. The molecule has 0 saturated carbocycles. The monoisotopic (exact) mass is 440 g/mol. The molecule has 0 aromatic heterocycles. The molecule has 0 saturated heterocycles. The van der Waals surface area contributed by atoms with Crippen molar-refractivity contribution >= 4 is 38.7 Å². The van der Waals surface area contributed by atoms with E-state index in [1.807, 2.05) is 54.6 Å². The number of anilines is 1. The lowest BCUT2D eigenvalue weighted by molar-refractivity contribution is -0.434. The van der Waals surface area contributed by atoms with Gasteiger partial charge in [0.15, 0.2) is 5.88 Å². The average Bonchev–Trinajstić information content (AvgIpc) is 2.78. The van der Waals surface area contributed by atoms with Gasteiger partial charge >= 0.3 is 0 Å². The third kappa shape index (κ3) is 5.88. The number of nitrogens with one attached hydrogen (secondary N) is 3. The van der Waals surface area contributed by atoms with Crippen molar-refractivity contribution in [2.24, 2.45) is 0 Å². The van der Waals surface area contributed by atoms with Gasteiger partial charge in [0, 0.05) is 5.69 Å². The van der Waals surface area contributed by atoms with Gasteiger partial charge in [0.2, 0.25) is 9.84 Å². The third-order valence-corrected chi connectivity index (χ3v) is 5.91. The van der Waals surface area contributed by atoms with Gasteiger partial charge in [-0.05, 0) is 60.7 Å². The summed E-state index contributed by atoms with van der Waals surface area (Å²) in [6.07, 6.45) is 0. The summed E-state index contributed by atoms with van der Waals surface area (Å²) >= 11 is 5.41. The Hall–Kier alpha value is -3.23. The SMILES string of the molecule is COc1ccc(NC(=S)NC(=[NH+]CS(=O)(=O)c2ccccc2)c2ccccc2)cc1. The number of methoxy groups -OCH3 is 1. The van der Waals surface area contributed by atoms with E-state index in [1.54, 1.807) is 37.4 Å². The Morgan fingerprint density at radius 1 is 0.933 bits per heavy atom. The highest BCUT2D eigenvalue weighted by Crippen LogP contribution is 2.14. The fourth-order valence-electron chi connectivity index (χ4n) is 2.65. The summed E-state index contributed by atoms with van der Waals surface area (Å²) in [5.41, 5.74) is 1.55. The molecule has 3 N–H and O–H groups in total. The zero-order chi connectivity index (χ0) is 21.4. The quantitative estimate of drug-likeness (QED) is 0.309. The Labute approximate surface area is 181 Å². The van der Waals surface area contributed by atoms with E-state index in [-0.39, 0.29) is 10.8 Å². The van der Waals surface area contributed by atoms with Crippen LogP contribution in [0.4, 0.5) is 5.69 Å². The molecule has 0 atom stereocenters. The summed E-state index contributed by atoms with van der Waals surface area (Å²) in [6, 6.07) is 25.0. The topological polar surface area (TPSA) is 81.4 Å². The molecular formula is C22H22N3O3S2+. The van der Waals surface area contributed by atoms with Gasteiger partial charge in [0.05, 0.1) is 17.6 Å². The molecule has 0 fully saturated rings. The van der Waals surface area contributed by atoms with Crippen LogP contribution in [0.3, 0.4) is 0 Å². The first kappa shape index (κ1) is 21.5. The van der Waals surface area contributed by atoms with E-state index in [0.717, 1.165) is 17.0 Å². The van der Waals surface area contributed by atoms with Crippen molar-refractivity contribution in [1.82, 2.24) is 5.32 Å². The highest BCUT2D eigenvalue weighted by Gasteiger charge is 2.18. The molecule has 0 heterocycles. The highest BCUT2D eigenvalue weighted by molar-refractivity contribution is 7.91. The molecule has 0 amide bonds. The Balaban J connectivity index is 1.79. The summed E-state index contributed by atoms with van der Waals surface area (Å²) < 4.78 is 30.4. The Kier molecular flexibility index (Phi) is 7.16. The first-order chi connectivity index (χ1) is 14.5. The number of sulfone groups is 1. The minimum atomic E-state index is -3.52. The summed E-state index contributed by atoms with van der Waals surface area (Å²) in [4.78, 5) is 3.23. The van der Waals surface area contributed by atoms with Crippen molar-refractivity contribution in [1.29, 1.82) is 0 Å². The Morgan fingerprint density at radius 3 is 2.13 bits per heavy atom. The second-order valence-corrected chi connectivity index (χ2v) is 8.70. The molecule has 3 aromatic carbocycles. The predicted octanol–water partition coefficient (Wildman–Crippen LogP) is 1.94. The van der Waals surface area contributed by atoms with E-state index < -0.39 is 9.84 Å². The lowest BCUT2D eigenvalue weighted by Gasteiger charge is -2.08. The van der Waals surface area contributed by atoms with Crippen molar-refractivity contribution in [2.45, 2.75) is 4.90 Å². The number of hydrogen-bond donors (Lipinski definition) is 3. The van der Waals surface area contributed by atoms with E-state index >= 15 is 0 Å². The fourth-order valence-corrected chi connectivity index (χ4v) is 3.94. The van der Waals surface area contributed by atoms with Crippen LogP contribution < -0.4 is 20.4 Å². The van der Waals surface area contributed by atoms with E-state index in [2.05, 4.69) is 15.6 Å². The Bertz CT molecular complexity index is 1120. The highest BCUT2D eigenvalue weighted by atomic mass is 32.2. The van der Waals surface area contributed by atoms with Crippen molar-refractivity contribution in [2.75, 3.05) is 18.3 Å². The maximum atomic E-state index is 12.6. The van der Waals surface area contributed by atoms with Gasteiger partial charge in [0.25, 0.3) is 10.9 Å². The van der Waals surface area contributed by atoms with E-state index in [1.165, 1.54) is 0 Å². The molecule has 3 rings (SSSR count). The number of ether oxygens (including phenoxy) is 1. The van der Waals surface area contributed by atoms with Crippen LogP contribution in [0.1, 0.15) is 5.56 Å². The van der Waals surface area contributed by atoms with Crippen LogP contribution in [0.5, 0.6) is 5.75 Å². The number of benzene rings is 3. The minimum Gasteiger partial charge on any atom is -0.497 e. The maximum Gasteiger partial charge on any atom is 0.282 e. The van der Waals surface area contributed by atoms with Crippen molar-refractivity contribution in [3.05, 3.63) is 90.5 Å². The third-order valence-electron chi connectivity index (χ3n) is 4.19. The van der Waals surface area contributed by atoms with Crippen LogP contribution in [0.15, 0.2) is 89.8 Å². The smallest absolute Gasteiger partial charge is 0.282 e. The fraction of sp³-hybridized carbons (Fsp3) is 0.0909. The molecule has 6 nitrogen and oxygen atoms in total. The van der Waals surface area contributed by atoms with Crippen LogP contribution in [-0.2, 0) is 9.84 Å². The molecule has 0 aliphatic rings. The van der Waals surface area contributed by atoms with E-state index in [9.17, 15) is 8.42 Å². The van der Waals surface area contributed by atoms with Crippen LogP contribution in [-0.4, -0.2) is 32.4 Å². The molecule has 0 radical (unpaired) electrons. The molecule has 0 aliphatic carbocycles. The molecule has 0 aliphatic heterocycles. The van der Waals surface area contributed by atoms with Gasteiger partial charge in [-0.1, -0.05) is 36.4 Å². The molecule has 30 heavy (non-hydrogen) atoms. The molecule has 154 valence electrons. The average molecular weight is 441 g/mol. The van der Waals surface area contributed by atoms with Gasteiger partial charge in [-0.15, -0.1) is 0 Å². The Morgan fingerprint density at radius 2 is 1.53 bits per heavy atom. The second-order valence-electron chi connectivity index (χ2n) is 6.30. The van der Waals surface area contributed by atoms with Crippen LogP contribution in [0.25, 0.3) is 0 Å². The van der Waals surface area contributed by atoms with Crippen LogP contribution >= 0.6 is 12.2 Å². The van der Waals surface area contributed by atoms with Gasteiger partial charge in [-0.3, -0.25) is 4.99 Å². The van der Waals surface area contributed by atoms with Gasteiger partial charge in [0.1, 0.15) is 5.75 Å². The second kappa shape index (κ2) is 10.00. The molecule has 8 heteroatoms. The van der Waals surface area contributed by atoms with Gasteiger partial charge in [-0.2, -0.15) is 0 Å². The standard InChI is InChI=1S/C22H21N3O3S2/c1-28-19-14-12-18(13-15-19)24-22(29)25-21(17-8-4-2-5-9-17)23-16-30(26,27)20-10-6-3-7-11-20/h2-15H,16H2,1H3,(H2,23,24,25,29)/p+1.